The number of hydrogen-bond donors (Lipinski definition) is 3. The van der Waals surface area contributed by atoms with Crippen LogP contribution in [-0.4, -0.2) is 21.9 Å². The lowest BCUT2D eigenvalue weighted by atomic mass is 9.91. The van der Waals surface area contributed by atoms with Crippen LogP contribution in [0.5, 0.6) is 0 Å². The molecule has 0 bridgehead atoms. The van der Waals surface area contributed by atoms with Gasteiger partial charge in [0.05, 0.1) is 17.4 Å². The van der Waals surface area contributed by atoms with Gasteiger partial charge in [-0.3, -0.25) is 9.78 Å². The number of rotatable bonds is 3. The van der Waals surface area contributed by atoms with Crippen molar-refractivity contribution in [1.82, 2.24) is 4.98 Å². The largest absolute Gasteiger partial charge is 0.409 e. The number of amidine groups is 1. The molecule has 0 fully saturated rings. The zero-order valence-corrected chi connectivity index (χ0v) is 11.3. The normalized spacial score (nSPS) is 12.4. The van der Waals surface area contributed by atoms with Gasteiger partial charge in [-0.2, -0.15) is 0 Å². The number of aromatic nitrogens is 1. The smallest absolute Gasteiger partial charge is 0.237 e. The first-order valence-electron chi connectivity index (χ1n) is 6.09. The van der Waals surface area contributed by atoms with E-state index in [9.17, 15) is 4.79 Å². The maximum absolute atomic E-state index is 12.2. The third-order valence-corrected chi connectivity index (χ3v) is 3.16. The molecule has 1 heterocycles. The lowest BCUT2D eigenvalue weighted by Crippen LogP contribution is -2.42. The van der Waals surface area contributed by atoms with E-state index in [1.807, 2.05) is 30.3 Å². The first kappa shape index (κ1) is 13.8. The Morgan fingerprint density at radius 3 is 2.80 bits per heavy atom. The average molecular weight is 272 g/mol. The number of oxime groups is 1. The van der Waals surface area contributed by atoms with E-state index in [-0.39, 0.29) is 11.7 Å². The Bertz CT molecular complexity index is 680. The van der Waals surface area contributed by atoms with Gasteiger partial charge in [0, 0.05) is 5.39 Å². The van der Waals surface area contributed by atoms with E-state index in [1.165, 1.54) is 0 Å². The van der Waals surface area contributed by atoms with Crippen LogP contribution in [0.1, 0.15) is 13.8 Å². The molecular weight excluding hydrogens is 256 g/mol. The fourth-order valence-corrected chi connectivity index (χ4v) is 1.67. The highest BCUT2D eigenvalue weighted by Gasteiger charge is 2.32. The van der Waals surface area contributed by atoms with Crippen LogP contribution < -0.4 is 11.1 Å². The summed E-state index contributed by atoms with van der Waals surface area (Å²) >= 11 is 0. The number of fused-ring (bicyclic) bond motifs is 1. The molecule has 6 nitrogen and oxygen atoms in total. The van der Waals surface area contributed by atoms with E-state index in [0.717, 1.165) is 10.9 Å². The summed E-state index contributed by atoms with van der Waals surface area (Å²) < 4.78 is 0. The minimum absolute atomic E-state index is 0.149. The molecule has 0 unspecified atom stereocenters. The molecule has 0 aliphatic heterocycles. The molecule has 104 valence electrons. The molecule has 0 radical (unpaired) electrons. The van der Waals surface area contributed by atoms with Gasteiger partial charge in [0.1, 0.15) is 5.41 Å². The number of para-hydroxylation sites is 1. The summed E-state index contributed by atoms with van der Waals surface area (Å²) in [7, 11) is 0. The second-order valence-electron chi connectivity index (χ2n) is 4.98. The van der Waals surface area contributed by atoms with Crippen LogP contribution >= 0.6 is 0 Å². The molecule has 0 spiro atoms. The van der Waals surface area contributed by atoms with Crippen LogP contribution in [0, 0.1) is 5.41 Å². The molecule has 1 amide bonds. The predicted molar refractivity (Wildman–Crippen MR) is 77.6 cm³/mol. The number of nitrogens with two attached hydrogens (primary N) is 1. The Balaban J connectivity index is 2.26. The highest BCUT2D eigenvalue weighted by atomic mass is 16.4. The lowest BCUT2D eigenvalue weighted by molar-refractivity contribution is -0.121. The predicted octanol–water partition coefficient (Wildman–Crippen LogP) is 1.95. The molecule has 2 rings (SSSR count). The van der Waals surface area contributed by atoms with Crippen molar-refractivity contribution in [3.8, 4) is 0 Å². The standard InChI is InChI=1S/C14H16N4O2/c1-14(2,12(15)18-20)13(19)17-10-7-9-5-3-4-6-11(9)16-8-10/h3-8,20H,1-2H3,(H2,15,18)(H,17,19). The number of benzene rings is 1. The molecule has 1 aromatic carbocycles. The minimum atomic E-state index is -1.11. The highest BCUT2D eigenvalue weighted by molar-refractivity contribution is 6.11. The van der Waals surface area contributed by atoms with Gasteiger partial charge in [0.2, 0.25) is 5.91 Å². The molecule has 20 heavy (non-hydrogen) atoms. The summed E-state index contributed by atoms with van der Waals surface area (Å²) in [6.07, 6.45) is 1.57. The second-order valence-corrected chi connectivity index (χ2v) is 4.98. The molecule has 0 saturated carbocycles. The topological polar surface area (TPSA) is 101 Å². The first-order valence-corrected chi connectivity index (χ1v) is 6.09. The van der Waals surface area contributed by atoms with Crippen LogP contribution in [-0.2, 0) is 4.79 Å². The van der Waals surface area contributed by atoms with Gasteiger partial charge in [0.25, 0.3) is 0 Å². The third kappa shape index (κ3) is 2.54. The van der Waals surface area contributed by atoms with Crippen LogP contribution in [0.2, 0.25) is 0 Å². The molecule has 0 aliphatic rings. The van der Waals surface area contributed by atoms with E-state index in [4.69, 9.17) is 10.9 Å². The van der Waals surface area contributed by atoms with Crippen molar-refractivity contribution in [3.05, 3.63) is 36.5 Å². The van der Waals surface area contributed by atoms with E-state index < -0.39 is 5.41 Å². The van der Waals surface area contributed by atoms with Crippen molar-refractivity contribution in [2.75, 3.05) is 5.32 Å². The molecule has 1 aromatic heterocycles. The van der Waals surface area contributed by atoms with Crippen LogP contribution in [0.3, 0.4) is 0 Å². The maximum Gasteiger partial charge on any atom is 0.237 e. The molecule has 6 heteroatoms. The van der Waals surface area contributed by atoms with Crippen molar-refractivity contribution in [1.29, 1.82) is 0 Å². The summed E-state index contributed by atoms with van der Waals surface area (Å²) in [4.78, 5) is 16.4. The van der Waals surface area contributed by atoms with Crippen molar-refractivity contribution in [3.63, 3.8) is 0 Å². The number of nitrogens with zero attached hydrogens (tertiary/aromatic N) is 2. The van der Waals surface area contributed by atoms with Crippen LogP contribution in [0.25, 0.3) is 10.9 Å². The zero-order valence-electron chi connectivity index (χ0n) is 11.3. The molecule has 0 aliphatic carbocycles. The van der Waals surface area contributed by atoms with Gasteiger partial charge in [-0.15, -0.1) is 0 Å². The molecular formula is C14H16N4O2. The Kier molecular flexibility index (Phi) is 3.56. The van der Waals surface area contributed by atoms with E-state index >= 15 is 0 Å². The highest BCUT2D eigenvalue weighted by Crippen LogP contribution is 2.21. The third-order valence-electron chi connectivity index (χ3n) is 3.16. The fourth-order valence-electron chi connectivity index (χ4n) is 1.67. The maximum atomic E-state index is 12.2. The molecule has 0 saturated heterocycles. The van der Waals surface area contributed by atoms with Gasteiger partial charge in [-0.25, -0.2) is 0 Å². The minimum Gasteiger partial charge on any atom is -0.409 e. The Hall–Kier alpha value is -2.63. The summed E-state index contributed by atoms with van der Waals surface area (Å²) in [5.41, 5.74) is 5.82. The van der Waals surface area contributed by atoms with Gasteiger partial charge in [-0.1, -0.05) is 23.4 Å². The monoisotopic (exact) mass is 272 g/mol. The van der Waals surface area contributed by atoms with Gasteiger partial charge in [0.15, 0.2) is 5.84 Å². The number of hydrogen-bond acceptors (Lipinski definition) is 4. The second kappa shape index (κ2) is 5.16. The van der Waals surface area contributed by atoms with Gasteiger partial charge < -0.3 is 16.3 Å². The van der Waals surface area contributed by atoms with Crippen molar-refractivity contribution in [2.45, 2.75) is 13.8 Å². The quantitative estimate of drug-likeness (QED) is 0.344. The zero-order chi connectivity index (χ0) is 14.8. The number of carbonyl (C=O) groups excluding carboxylic acids is 1. The number of amides is 1. The van der Waals surface area contributed by atoms with E-state index in [1.54, 1.807) is 20.0 Å². The van der Waals surface area contributed by atoms with E-state index in [0.29, 0.717) is 5.69 Å². The summed E-state index contributed by atoms with van der Waals surface area (Å²) in [6.45, 7) is 3.15. The number of nitrogens with one attached hydrogen (secondary N) is 1. The van der Waals surface area contributed by atoms with Crippen molar-refractivity contribution < 1.29 is 10.0 Å². The number of carbonyl (C=O) groups is 1. The Morgan fingerprint density at radius 2 is 2.10 bits per heavy atom. The number of pyridine rings is 1. The Morgan fingerprint density at radius 1 is 1.40 bits per heavy atom. The average Bonchev–Trinajstić information content (AvgIpc) is 2.46. The van der Waals surface area contributed by atoms with E-state index in [2.05, 4.69) is 15.5 Å². The van der Waals surface area contributed by atoms with Gasteiger partial charge >= 0.3 is 0 Å². The lowest BCUT2D eigenvalue weighted by Gasteiger charge is -2.21. The number of anilines is 1. The Labute approximate surface area is 116 Å². The van der Waals surface area contributed by atoms with Crippen molar-refractivity contribution in [2.24, 2.45) is 16.3 Å². The van der Waals surface area contributed by atoms with Crippen LogP contribution in [0.15, 0.2) is 41.7 Å². The summed E-state index contributed by atoms with van der Waals surface area (Å²) in [5.74, 6) is -0.520. The van der Waals surface area contributed by atoms with Gasteiger partial charge in [-0.05, 0) is 26.0 Å². The SMILES string of the molecule is CC(C)(C(=O)Nc1cnc2ccccc2c1)C(N)=NO. The van der Waals surface area contributed by atoms with Crippen molar-refractivity contribution >= 4 is 28.3 Å². The molecule has 0 atom stereocenters. The fraction of sp³-hybridized carbons (Fsp3) is 0.214. The molecule has 4 N–H and O–H groups in total. The first-order chi connectivity index (χ1) is 9.45. The van der Waals surface area contributed by atoms with Crippen LogP contribution in [0.4, 0.5) is 5.69 Å². The molecule has 2 aromatic rings. The summed E-state index contributed by atoms with van der Waals surface area (Å²) in [5, 5.41) is 15.2. The summed E-state index contributed by atoms with van der Waals surface area (Å²) in [6, 6.07) is 9.42.